The molecule has 0 saturated carbocycles. The molecular formula is C13H22O5S2. The van der Waals surface area contributed by atoms with Crippen LogP contribution in [0, 0.1) is 5.92 Å². The van der Waals surface area contributed by atoms with Crippen LogP contribution in [0.3, 0.4) is 0 Å². The number of ether oxygens (including phenoxy) is 2. The van der Waals surface area contributed by atoms with Gasteiger partial charge in [0.25, 0.3) is 0 Å². The van der Waals surface area contributed by atoms with E-state index in [1.54, 1.807) is 0 Å². The first-order valence-electron chi connectivity index (χ1n) is 6.41. The zero-order valence-electron chi connectivity index (χ0n) is 12.1. The minimum absolute atomic E-state index is 0.141. The summed E-state index contributed by atoms with van der Waals surface area (Å²) in [6.45, 7) is 2.06. The van der Waals surface area contributed by atoms with E-state index < -0.39 is 0 Å². The van der Waals surface area contributed by atoms with Gasteiger partial charge in [0, 0.05) is 5.92 Å². The third-order valence-electron chi connectivity index (χ3n) is 2.60. The average molecular weight is 322 g/mol. The highest BCUT2D eigenvalue weighted by molar-refractivity contribution is 8.17. The lowest BCUT2D eigenvalue weighted by molar-refractivity contribution is -0.138. The van der Waals surface area contributed by atoms with Crippen molar-refractivity contribution in [1.29, 1.82) is 0 Å². The molecule has 0 aliphatic rings. The SMILES string of the molecule is CCCCC(C=O)C(SCC(=O)OC)SCC(=O)OC. The zero-order valence-corrected chi connectivity index (χ0v) is 13.8. The molecule has 0 fully saturated rings. The standard InChI is InChI=1S/C13H22O5S2/c1-4-5-6-10(7-14)13(19-8-11(15)17-2)20-9-12(16)18-3/h7,10,13H,4-6,8-9H2,1-3H3. The molecular weight excluding hydrogens is 300 g/mol. The van der Waals surface area contributed by atoms with E-state index in [0.29, 0.717) is 0 Å². The number of aldehydes is 1. The Bertz CT molecular complexity index is 289. The number of thioether (sulfide) groups is 2. The first-order valence-corrected chi connectivity index (χ1v) is 8.50. The second kappa shape index (κ2) is 12.1. The van der Waals surface area contributed by atoms with Crippen molar-refractivity contribution in [3.05, 3.63) is 0 Å². The van der Waals surface area contributed by atoms with Crippen molar-refractivity contribution >= 4 is 41.7 Å². The molecule has 7 heteroatoms. The Morgan fingerprint density at radius 2 is 1.60 bits per heavy atom. The lowest BCUT2D eigenvalue weighted by Gasteiger charge is -2.21. The van der Waals surface area contributed by atoms with Crippen LogP contribution in [0.2, 0.25) is 0 Å². The van der Waals surface area contributed by atoms with E-state index in [0.717, 1.165) is 25.5 Å². The van der Waals surface area contributed by atoms with Gasteiger partial charge in [-0.05, 0) is 6.42 Å². The maximum atomic E-state index is 11.2. The molecule has 0 saturated heterocycles. The highest BCUT2D eigenvalue weighted by Gasteiger charge is 2.24. The molecule has 0 heterocycles. The first-order chi connectivity index (χ1) is 9.58. The van der Waals surface area contributed by atoms with Crippen molar-refractivity contribution < 1.29 is 23.9 Å². The fraction of sp³-hybridized carbons (Fsp3) is 0.769. The van der Waals surface area contributed by atoms with Gasteiger partial charge in [0.2, 0.25) is 0 Å². The molecule has 116 valence electrons. The summed E-state index contributed by atoms with van der Waals surface area (Å²) in [5, 5.41) is 0. The highest BCUT2D eigenvalue weighted by atomic mass is 32.2. The molecule has 1 atom stereocenters. The normalized spacial score (nSPS) is 12.0. The Morgan fingerprint density at radius 1 is 1.10 bits per heavy atom. The van der Waals surface area contributed by atoms with Gasteiger partial charge in [0.15, 0.2) is 0 Å². The summed E-state index contributed by atoms with van der Waals surface area (Å²) in [4.78, 5) is 33.6. The van der Waals surface area contributed by atoms with Crippen molar-refractivity contribution in [2.75, 3.05) is 25.7 Å². The molecule has 5 nitrogen and oxygen atoms in total. The van der Waals surface area contributed by atoms with Gasteiger partial charge in [-0.3, -0.25) is 9.59 Å². The van der Waals surface area contributed by atoms with Crippen molar-refractivity contribution in [2.24, 2.45) is 5.92 Å². The van der Waals surface area contributed by atoms with E-state index in [-0.39, 0.29) is 33.9 Å². The Hall–Kier alpha value is -0.690. The minimum Gasteiger partial charge on any atom is -0.468 e. The van der Waals surface area contributed by atoms with Gasteiger partial charge in [-0.25, -0.2) is 0 Å². The molecule has 0 N–H and O–H groups in total. The number of hydrogen-bond acceptors (Lipinski definition) is 7. The predicted octanol–water partition coefficient (Wildman–Crippen LogP) is 2.13. The van der Waals surface area contributed by atoms with Crippen LogP contribution in [0.4, 0.5) is 0 Å². The number of unbranched alkanes of at least 4 members (excludes halogenated alkanes) is 1. The lowest BCUT2D eigenvalue weighted by atomic mass is 10.1. The molecule has 0 amide bonds. The topological polar surface area (TPSA) is 69.7 Å². The molecule has 20 heavy (non-hydrogen) atoms. The Labute approximate surface area is 128 Å². The van der Waals surface area contributed by atoms with Crippen LogP contribution in [-0.2, 0) is 23.9 Å². The number of hydrogen-bond donors (Lipinski definition) is 0. The van der Waals surface area contributed by atoms with Gasteiger partial charge < -0.3 is 14.3 Å². The summed E-state index contributed by atoms with van der Waals surface area (Å²) >= 11 is 2.68. The number of methoxy groups -OCH3 is 2. The van der Waals surface area contributed by atoms with Gasteiger partial charge in [0.05, 0.1) is 30.3 Å². The maximum absolute atomic E-state index is 11.2. The number of esters is 2. The fourth-order valence-corrected chi connectivity index (χ4v) is 3.95. The Morgan fingerprint density at radius 3 is 1.95 bits per heavy atom. The van der Waals surface area contributed by atoms with Gasteiger partial charge in [-0.1, -0.05) is 19.8 Å². The summed E-state index contributed by atoms with van der Waals surface area (Å²) in [6, 6.07) is 0. The first kappa shape index (κ1) is 19.3. The summed E-state index contributed by atoms with van der Waals surface area (Å²) in [7, 11) is 2.65. The summed E-state index contributed by atoms with van der Waals surface area (Å²) in [5.74, 6) is -0.505. The third kappa shape index (κ3) is 8.47. The lowest BCUT2D eigenvalue weighted by Crippen LogP contribution is -2.20. The average Bonchev–Trinajstić information content (AvgIpc) is 2.48. The summed E-state index contributed by atoms with van der Waals surface area (Å²) in [6.07, 6.45) is 3.61. The Kier molecular flexibility index (Phi) is 11.7. The third-order valence-corrected chi connectivity index (χ3v) is 5.58. The molecule has 0 aliphatic carbocycles. The van der Waals surface area contributed by atoms with Crippen LogP contribution in [0.25, 0.3) is 0 Å². The van der Waals surface area contributed by atoms with Crippen LogP contribution in [0.5, 0.6) is 0 Å². The zero-order chi connectivity index (χ0) is 15.4. The Balaban J connectivity index is 4.51. The van der Waals surface area contributed by atoms with Crippen molar-refractivity contribution in [3.8, 4) is 0 Å². The van der Waals surface area contributed by atoms with Gasteiger partial charge >= 0.3 is 11.9 Å². The van der Waals surface area contributed by atoms with E-state index in [1.807, 2.05) is 0 Å². The summed E-state index contributed by atoms with van der Waals surface area (Å²) < 4.78 is 9.04. The molecule has 0 rings (SSSR count). The molecule has 0 radical (unpaired) electrons. The predicted molar refractivity (Wildman–Crippen MR) is 81.8 cm³/mol. The van der Waals surface area contributed by atoms with E-state index in [4.69, 9.17) is 0 Å². The number of carbonyl (C=O) groups excluding carboxylic acids is 3. The molecule has 0 aliphatic heterocycles. The number of carbonyl (C=O) groups is 3. The molecule has 0 aromatic rings. The fourth-order valence-electron chi connectivity index (χ4n) is 1.42. The molecule has 0 aromatic carbocycles. The quantitative estimate of drug-likeness (QED) is 0.328. The van der Waals surface area contributed by atoms with E-state index >= 15 is 0 Å². The van der Waals surface area contributed by atoms with Gasteiger partial charge in [-0.2, -0.15) is 0 Å². The van der Waals surface area contributed by atoms with Crippen LogP contribution in [-0.4, -0.2) is 48.5 Å². The minimum atomic E-state index is -0.334. The van der Waals surface area contributed by atoms with Crippen molar-refractivity contribution in [3.63, 3.8) is 0 Å². The highest BCUT2D eigenvalue weighted by Crippen LogP contribution is 2.32. The number of rotatable bonds is 11. The van der Waals surface area contributed by atoms with Gasteiger partial charge in [0.1, 0.15) is 6.29 Å². The maximum Gasteiger partial charge on any atom is 0.315 e. The monoisotopic (exact) mass is 322 g/mol. The molecule has 0 spiro atoms. The van der Waals surface area contributed by atoms with E-state index in [2.05, 4.69) is 16.4 Å². The second-order valence-electron chi connectivity index (χ2n) is 4.08. The smallest absolute Gasteiger partial charge is 0.315 e. The summed E-state index contributed by atoms with van der Waals surface area (Å²) in [5.41, 5.74) is 0. The van der Waals surface area contributed by atoms with Crippen LogP contribution < -0.4 is 0 Å². The molecule has 0 aromatic heterocycles. The van der Waals surface area contributed by atoms with E-state index in [1.165, 1.54) is 37.7 Å². The van der Waals surface area contributed by atoms with E-state index in [9.17, 15) is 14.4 Å². The largest absolute Gasteiger partial charge is 0.468 e. The van der Waals surface area contributed by atoms with Gasteiger partial charge in [-0.15, -0.1) is 23.5 Å². The molecule has 1 unspecified atom stereocenters. The van der Waals surface area contributed by atoms with Crippen LogP contribution in [0.1, 0.15) is 26.2 Å². The van der Waals surface area contributed by atoms with Crippen LogP contribution in [0.15, 0.2) is 0 Å². The second-order valence-corrected chi connectivity index (χ2v) is 6.64. The molecule has 0 bridgehead atoms. The van der Waals surface area contributed by atoms with Crippen molar-refractivity contribution in [2.45, 2.75) is 30.8 Å². The van der Waals surface area contributed by atoms with Crippen LogP contribution >= 0.6 is 23.5 Å². The van der Waals surface area contributed by atoms with Crippen molar-refractivity contribution in [1.82, 2.24) is 0 Å².